The fourth-order valence-electron chi connectivity index (χ4n) is 3.65. The van der Waals surface area contributed by atoms with E-state index in [0.717, 1.165) is 42.3 Å². The number of hydrogen-bond acceptors (Lipinski definition) is 3. The topological polar surface area (TPSA) is 37.0 Å². The molecular formula is C21H21ClFN3. The second-order valence-corrected chi connectivity index (χ2v) is 7.27. The van der Waals surface area contributed by atoms with Gasteiger partial charge in [0.05, 0.1) is 11.2 Å². The Morgan fingerprint density at radius 1 is 0.885 bits per heavy atom. The zero-order valence-electron chi connectivity index (χ0n) is 14.4. The molecular weight excluding hydrogens is 349 g/mol. The van der Waals surface area contributed by atoms with Crippen molar-refractivity contribution in [2.45, 2.75) is 37.8 Å². The number of aromatic nitrogens is 1. The van der Waals surface area contributed by atoms with Gasteiger partial charge in [-0.1, -0.05) is 23.7 Å². The molecule has 2 N–H and O–H groups in total. The van der Waals surface area contributed by atoms with E-state index in [1.165, 1.54) is 6.07 Å². The van der Waals surface area contributed by atoms with Gasteiger partial charge in [-0.2, -0.15) is 0 Å². The SMILES string of the molecule is Fc1ccccc1N[C@H]1CC[C@@H](Nc2ccnc3cc(Cl)ccc23)CC1. The van der Waals surface area contributed by atoms with Crippen molar-refractivity contribution in [3.8, 4) is 0 Å². The minimum Gasteiger partial charge on any atom is -0.382 e. The summed E-state index contributed by atoms with van der Waals surface area (Å²) in [5.74, 6) is -0.185. The number of nitrogens with zero attached hydrogens (tertiary/aromatic N) is 1. The zero-order chi connectivity index (χ0) is 17.9. The van der Waals surface area contributed by atoms with E-state index in [-0.39, 0.29) is 5.82 Å². The summed E-state index contributed by atoms with van der Waals surface area (Å²) in [6.07, 6.45) is 5.93. The largest absolute Gasteiger partial charge is 0.382 e. The standard InChI is InChI=1S/C21H21ClFN3/c22-14-5-10-17-19(11-12-24-21(17)13-14)25-15-6-8-16(9-7-15)26-20-4-2-1-3-18(20)23/h1-5,10-13,15-16,26H,6-9H2,(H,24,25)/t15-,16+. The van der Waals surface area contributed by atoms with E-state index in [0.29, 0.717) is 22.8 Å². The maximum Gasteiger partial charge on any atom is 0.146 e. The summed E-state index contributed by atoms with van der Waals surface area (Å²) in [6.45, 7) is 0. The van der Waals surface area contributed by atoms with Crippen LogP contribution in [0.3, 0.4) is 0 Å². The summed E-state index contributed by atoms with van der Waals surface area (Å²) < 4.78 is 13.8. The lowest BCUT2D eigenvalue weighted by atomic mass is 9.90. The third-order valence-electron chi connectivity index (χ3n) is 5.03. The summed E-state index contributed by atoms with van der Waals surface area (Å²) in [7, 11) is 0. The van der Waals surface area contributed by atoms with Crippen LogP contribution in [0.5, 0.6) is 0 Å². The summed E-state index contributed by atoms with van der Waals surface area (Å²) in [6, 6.07) is 15.4. The molecule has 2 aromatic carbocycles. The third-order valence-corrected chi connectivity index (χ3v) is 5.26. The second-order valence-electron chi connectivity index (χ2n) is 6.84. The van der Waals surface area contributed by atoms with Gasteiger partial charge in [-0.05, 0) is 62.1 Å². The van der Waals surface area contributed by atoms with E-state index in [1.807, 2.05) is 36.5 Å². The monoisotopic (exact) mass is 369 g/mol. The number of rotatable bonds is 4. The lowest BCUT2D eigenvalue weighted by Crippen LogP contribution is -2.32. The van der Waals surface area contributed by atoms with Crippen LogP contribution in [-0.2, 0) is 0 Å². The number of nitrogens with one attached hydrogen (secondary N) is 2. The maximum atomic E-state index is 13.8. The fraction of sp³-hybridized carbons (Fsp3) is 0.286. The molecule has 1 fully saturated rings. The lowest BCUT2D eigenvalue weighted by molar-refractivity contribution is 0.428. The Labute approximate surface area is 157 Å². The van der Waals surface area contributed by atoms with Crippen molar-refractivity contribution in [1.82, 2.24) is 4.98 Å². The van der Waals surface area contributed by atoms with E-state index in [1.54, 1.807) is 12.1 Å². The first-order chi connectivity index (χ1) is 12.7. The minimum atomic E-state index is -0.185. The van der Waals surface area contributed by atoms with Crippen LogP contribution in [0.4, 0.5) is 15.8 Å². The average Bonchev–Trinajstić information content (AvgIpc) is 2.65. The molecule has 0 atom stereocenters. The quantitative estimate of drug-likeness (QED) is 0.604. The number of pyridine rings is 1. The summed E-state index contributed by atoms with van der Waals surface area (Å²) in [4.78, 5) is 4.39. The van der Waals surface area contributed by atoms with Gasteiger partial charge in [0.1, 0.15) is 5.82 Å². The van der Waals surface area contributed by atoms with Crippen molar-refractivity contribution in [3.05, 3.63) is 65.6 Å². The molecule has 0 saturated heterocycles. The van der Waals surface area contributed by atoms with Crippen molar-refractivity contribution in [3.63, 3.8) is 0 Å². The minimum absolute atomic E-state index is 0.185. The molecule has 0 bridgehead atoms. The number of para-hydroxylation sites is 1. The van der Waals surface area contributed by atoms with Gasteiger partial charge in [0, 0.05) is 34.4 Å². The van der Waals surface area contributed by atoms with E-state index in [9.17, 15) is 4.39 Å². The molecule has 3 nitrogen and oxygen atoms in total. The molecule has 0 aliphatic heterocycles. The van der Waals surface area contributed by atoms with Gasteiger partial charge in [-0.3, -0.25) is 4.98 Å². The molecule has 4 rings (SSSR count). The van der Waals surface area contributed by atoms with Crippen LogP contribution in [0.25, 0.3) is 10.9 Å². The third kappa shape index (κ3) is 3.75. The van der Waals surface area contributed by atoms with Gasteiger partial charge in [-0.25, -0.2) is 4.39 Å². The lowest BCUT2D eigenvalue weighted by Gasteiger charge is -2.31. The molecule has 1 aromatic heterocycles. The highest BCUT2D eigenvalue weighted by Crippen LogP contribution is 2.29. The predicted molar refractivity (Wildman–Crippen MR) is 106 cm³/mol. The van der Waals surface area contributed by atoms with Gasteiger partial charge < -0.3 is 10.6 Å². The second kappa shape index (κ2) is 7.50. The van der Waals surface area contributed by atoms with Crippen molar-refractivity contribution < 1.29 is 4.39 Å². The van der Waals surface area contributed by atoms with Crippen LogP contribution in [0, 0.1) is 5.82 Å². The molecule has 0 radical (unpaired) electrons. The van der Waals surface area contributed by atoms with E-state index in [2.05, 4.69) is 15.6 Å². The molecule has 1 heterocycles. The Balaban J connectivity index is 1.39. The first-order valence-corrected chi connectivity index (χ1v) is 9.39. The summed E-state index contributed by atoms with van der Waals surface area (Å²) in [5, 5.41) is 8.78. The van der Waals surface area contributed by atoms with Crippen molar-refractivity contribution in [2.75, 3.05) is 10.6 Å². The number of fused-ring (bicyclic) bond motifs is 1. The zero-order valence-corrected chi connectivity index (χ0v) is 15.1. The van der Waals surface area contributed by atoms with Gasteiger partial charge in [-0.15, -0.1) is 0 Å². The summed E-state index contributed by atoms with van der Waals surface area (Å²) in [5.41, 5.74) is 2.59. The normalized spacial score (nSPS) is 20.1. The van der Waals surface area contributed by atoms with Crippen LogP contribution in [0.1, 0.15) is 25.7 Å². The van der Waals surface area contributed by atoms with Crippen molar-refractivity contribution in [1.29, 1.82) is 0 Å². The molecule has 134 valence electrons. The first kappa shape index (κ1) is 17.1. The molecule has 1 aliphatic rings. The van der Waals surface area contributed by atoms with Crippen LogP contribution in [0.15, 0.2) is 54.7 Å². The van der Waals surface area contributed by atoms with Gasteiger partial charge >= 0.3 is 0 Å². The average molecular weight is 370 g/mol. The maximum absolute atomic E-state index is 13.8. The number of anilines is 2. The van der Waals surface area contributed by atoms with Crippen LogP contribution in [0.2, 0.25) is 5.02 Å². The van der Waals surface area contributed by atoms with Gasteiger partial charge in [0.2, 0.25) is 0 Å². The first-order valence-electron chi connectivity index (χ1n) is 9.01. The van der Waals surface area contributed by atoms with Crippen LogP contribution < -0.4 is 10.6 Å². The highest BCUT2D eigenvalue weighted by Gasteiger charge is 2.22. The summed E-state index contributed by atoms with van der Waals surface area (Å²) >= 11 is 6.06. The Bertz CT molecular complexity index is 907. The van der Waals surface area contributed by atoms with Crippen molar-refractivity contribution in [2.24, 2.45) is 0 Å². The molecule has 1 saturated carbocycles. The van der Waals surface area contributed by atoms with E-state index >= 15 is 0 Å². The molecule has 1 aliphatic carbocycles. The molecule has 0 amide bonds. The Morgan fingerprint density at radius 3 is 2.31 bits per heavy atom. The molecule has 26 heavy (non-hydrogen) atoms. The molecule has 0 spiro atoms. The van der Waals surface area contributed by atoms with E-state index < -0.39 is 0 Å². The van der Waals surface area contributed by atoms with Gasteiger partial charge in [0.25, 0.3) is 0 Å². The predicted octanol–water partition coefficient (Wildman–Crippen LogP) is 5.86. The number of hydrogen-bond donors (Lipinski definition) is 2. The highest BCUT2D eigenvalue weighted by atomic mass is 35.5. The molecule has 5 heteroatoms. The van der Waals surface area contributed by atoms with Crippen LogP contribution in [-0.4, -0.2) is 17.1 Å². The van der Waals surface area contributed by atoms with E-state index in [4.69, 9.17) is 11.6 Å². The molecule has 0 unspecified atom stereocenters. The smallest absolute Gasteiger partial charge is 0.146 e. The Morgan fingerprint density at radius 2 is 1.58 bits per heavy atom. The highest BCUT2D eigenvalue weighted by molar-refractivity contribution is 6.31. The number of halogens is 2. The Kier molecular flexibility index (Phi) is 4.93. The van der Waals surface area contributed by atoms with Gasteiger partial charge in [0.15, 0.2) is 0 Å². The fourth-order valence-corrected chi connectivity index (χ4v) is 3.81. The van der Waals surface area contributed by atoms with Crippen molar-refractivity contribution >= 4 is 33.9 Å². The Hall–Kier alpha value is -2.33. The molecule has 3 aromatic rings. The number of benzene rings is 2. The van der Waals surface area contributed by atoms with Crippen LogP contribution >= 0.6 is 11.6 Å².